The Labute approximate surface area is 239 Å². The van der Waals surface area contributed by atoms with Crippen molar-refractivity contribution in [2.24, 2.45) is 11.1 Å². The van der Waals surface area contributed by atoms with Crippen molar-refractivity contribution in [3.63, 3.8) is 0 Å². The Balaban J connectivity index is 3.63. The molecule has 1 amide bonds. The van der Waals surface area contributed by atoms with Gasteiger partial charge in [-0.1, -0.05) is 35.9 Å². The lowest BCUT2D eigenvalue weighted by Gasteiger charge is -2.45. The number of rotatable bonds is 13. The number of allylic oxidation sites excluding steroid dienone is 2. The van der Waals surface area contributed by atoms with E-state index in [0.717, 1.165) is 25.0 Å². The van der Waals surface area contributed by atoms with Gasteiger partial charge in [-0.25, -0.2) is 4.79 Å². The van der Waals surface area contributed by atoms with Crippen LogP contribution in [-0.2, 0) is 21.0 Å². The Kier molecular flexibility index (Phi) is 12.1. The minimum atomic E-state index is -4.59. The Hall–Kier alpha value is -2.36. The van der Waals surface area contributed by atoms with Gasteiger partial charge in [0.2, 0.25) is 0 Å². The first kappa shape index (κ1) is 35.7. The highest BCUT2D eigenvalue weighted by atomic mass is 19.4. The molecule has 1 aromatic carbocycles. The molecule has 0 heterocycles. The summed E-state index contributed by atoms with van der Waals surface area (Å²) in [6, 6.07) is 4.84. The van der Waals surface area contributed by atoms with Crippen LogP contribution in [0.4, 0.5) is 18.0 Å². The van der Waals surface area contributed by atoms with Gasteiger partial charge in [-0.3, -0.25) is 0 Å². The first-order chi connectivity index (χ1) is 18.1. The molecule has 0 unspecified atom stereocenters. The maximum atomic E-state index is 13.7. The molecular weight excluding hydrogens is 520 g/mol. The van der Waals surface area contributed by atoms with Crippen LogP contribution in [0.25, 0.3) is 0 Å². The van der Waals surface area contributed by atoms with Crippen molar-refractivity contribution in [2.45, 2.75) is 124 Å². The second kappa shape index (κ2) is 13.5. The van der Waals surface area contributed by atoms with Gasteiger partial charge in [0, 0.05) is 6.54 Å². The summed E-state index contributed by atoms with van der Waals surface area (Å²) >= 11 is 0. The molecule has 0 aromatic heterocycles. The molecule has 2 atom stereocenters. The van der Waals surface area contributed by atoms with Gasteiger partial charge in [-0.05, 0) is 112 Å². The number of nitroso groups, excluding NO2 is 1. The van der Waals surface area contributed by atoms with Crippen molar-refractivity contribution in [3.8, 4) is 0 Å². The van der Waals surface area contributed by atoms with Gasteiger partial charge in [-0.2, -0.15) is 18.1 Å². The number of carbonyl (C=O) groups is 1. The number of benzene rings is 1. The van der Waals surface area contributed by atoms with Crippen LogP contribution in [0, 0.1) is 10.8 Å². The molecule has 1 aromatic rings. The van der Waals surface area contributed by atoms with Crippen molar-refractivity contribution in [1.29, 1.82) is 0 Å². The Morgan fingerprint density at radius 2 is 1.60 bits per heavy atom. The molecule has 0 aliphatic heterocycles. The standard InChI is InChI=1S/C30H47BF3N2O4/c1-21(2)14-12-15-22(3)18-19-36(25(37)39-26(4,5)6)29(11,31-40-28(9,10)27(7,8)35-38)23-16-13-17-24(20-23)30(32,33)34/h13-14,16-17,20,22H,12,15,18-19H2,1-11H3/t22-,29+/m0/s1. The van der Waals surface area contributed by atoms with Crippen LogP contribution < -0.4 is 0 Å². The van der Waals surface area contributed by atoms with E-state index in [1.165, 1.54) is 30.1 Å². The lowest BCUT2D eigenvalue weighted by molar-refractivity contribution is -0.137. The number of halogens is 3. The number of hydrogen-bond acceptors (Lipinski definition) is 5. The quantitative estimate of drug-likeness (QED) is 0.136. The minimum Gasteiger partial charge on any atom is -0.444 e. The highest BCUT2D eigenvalue weighted by Crippen LogP contribution is 2.37. The third-order valence-corrected chi connectivity index (χ3v) is 7.29. The summed E-state index contributed by atoms with van der Waals surface area (Å²) in [6.07, 6.45) is -0.756. The molecule has 0 aliphatic carbocycles. The summed E-state index contributed by atoms with van der Waals surface area (Å²) in [7, 11) is 1.34. The van der Waals surface area contributed by atoms with E-state index in [4.69, 9.17) is 9.39 Å². The van der Waals surface area contributed by atoms with Gasteiger partial charge < -0.3 is 14.3 Å². The predicted octanol–water partition coefficient (Wildman–Crippen LogP) is 8.85. The summed E-state index contributed by atoms with van der Waals surface area (Å²) in [4.78, 5) is 26.7. The van der Waals surface area contributed by atoms with Crippen LogP contribution >= 0.6 is 0 Å². The molecule has 6 nitrogen and oxygen atoms in total. The summed E-state index contributed by atoms with van der Waals surface area (Å²) in [5, 5.41) is 3.19. The van der Waals surface area contributed by atoms with Gasteiger partial charge >= 0.3 is 19.8 Å². The lowest BCUT2D eigenvalue weighted by Crippen LogP contribution is -2.57. The number of hydrogen-bond donors (Lipinski definition) is 0. The van der Waals surface area contributed by atoms with E-state index in [0.29, 0.717) is 6.42 Å². The van der Waals surface area contributed by atoms with Crippen LogP contribution in [0.5, 0.6) is 0 Å². The molecule has 0 bridgehead atoms. The average Bonchev–Trinajstić information content (AvgIpc) is 2.81. The predicted molar refractivity (Wildman–Crippen MR) is 155 cm³/mol. The summed E-state index contributed by atoms with van der Waals surface area (Å²) in [5.74, 6) is 0.224. The molecule has 1 rings (SSSR count). The lowest BCUT2D eigenvalue weighted by atomic mass is 9.65. The molecule has 0 saturated carbocycles. The SMILES string of the molecule is CC(C)=CCC[C@H](C)CCN(C(=O)OC(C)(C)C)[C@@](C)([B]OC(C)(C)C(C)(C)N=O)c1cccc(C(F)(F)F)c1. The zero-order chi connectivity index (χ0) is 31.2. The number of alkyl halides is 3. The Morgan fingerprint density at radius 1 is 1.02 bits per heavy atom. The zero-order valence-electron chi connectivity index (χ0n) is 26.0. The van der Waals surface area contributed by atoms with Gasteiger partial charge in [0.25, 0.3) is 0 Å². The van der Waals surface area contributed by atoms with E-state index in [2.05, 4.69) is 18.2 Å². The molecule has 40 heavy (non-hydrogen) atoms. The van der Waals surface area contributed by atoms with E-state index >= 15 is 0 Å². The van der Waals surface area contributed by atoms with Gasteiger partial charge in [0.05, 0.1) is 16.6 Å². The second-order valence-electron chi connectivity index (χ2n) is 13.0. The molecule has 225 valence electrons. The fraction of sp³-hybridized carbons (Fsp3) is 0.700. The van der Waals surface area contributed by atoms with Crippen LogP contribution in [0.1, 0.15) is 107 Å². The average molecular weight is 568 g/mol. The normalized spacial score (nSPS) is 15.1. The molecule has 0 fully saturated rings. The number of amides is 1. The maximum Gasteiger partial charge on any atom is 0.416 e. The smallest absolute Gasteiger partial charge is 0.416 e. The maximum absolute atomic E-state index is 13.7. The van der Waals surface area contributed by atoms with E-state index in [1.54, 1.807) is 55.4 Å². The molecular formula is C30H47BF3N2O4. The number of nitrogens with zero attached hydrogens (tertiary/aromatic N) is 2. The van der Waals surface area contributed by atoms with Crippen molar-refractivity contribution in [2.75, 3.05) is 6.54 Å². The molecule has 1 radical (unpaired) electrons. The van der Waals surface area contributed by atoms with E-state index in [1.807, 2.05) is 13.8 Å². The van der Waals surface area contributed by atoms with Crippen molar-refractivity contribution < 1.29 is 27.4 Å². The number of carbonyl (C=O) groups excluding carboxylic acids is 1. The largest absolute Gasteiger partial charge is 0.444 e. The molecule has 0 spiro atoms. The van der Waals surface area contributed by atoms with Crippen LogP contribution in [0.15, 0.2) is 41.1 Å². The van der Waals surface area contributed by atoms with Gasteiger partial charge in [0.1, 0.15) is 11.1 Å². The fourth-order valence-electron chi connectivity index (χ4n) is 3.79. The first-order valence-electron chi connectivity index (χ1n) is 13.7. The van der Waals surface area contributed by atoms with Crippen LogP contribution in [-0.4, -0.2) is 41.8 Å². The summed E-state index contributed by atoms with van der Waals surface area (Å²) in [5.41, 5.74) is -4.08. The fourth-order valence-corrected chi connectivity index (χ4v) is 3.79. The highest BCUT2D eigenvalue weighted by molar-refractivity contribution is 6.33. The highest BCUT2D eigenvalue weighted by Gasteiger charge is 2.47. The van der Waals surface area contributed by atoms with Gasteiger partial charge in [0.15, 0.2) is 0 Å². The number of ether oxygens (including phenoxy) is 1. The third-order valence-electron chi connectivity index (χ3n) is 7.29. The van der Waals surface area contributed by atoms with Crippen LogP contribution in [0.3, 0.4) is 0 Å². The van der Waals surface area contributed by atoms with E-state index in [9.17, 15) is 22.9 Å². The Morgan fingerprint density at radius 3 is 2.10 bits per heavy atom. The molecule has 0 saturated heterocycles. The molecule has 10 heteroatoms. The molecule has 0 aliphatic rings. The second-order valence-corrected chi connectivity index (χ2v) is 13.0. The summed E-state index contributed by atoms with van der Waals surface area (Å²) in [6.45, 7) is 19.7. The zero-order valence-corrected chi connectivity index (χ0v) is 26.0. The summed E-state index contributed by atoms with van der Waals surface area (Å²) < 4.78 is 53.1. The minimum absolute atomic E-state index is 0.193. The van der Waals surface area contributed by atoms with Crippen molar-refractivity contribution >= 4 is 13.6 Å². The van der Waals surface area contributed by atoms with E-state index < -0.39 is 40.0 Å². The topological polar surface area (TPSA) is 68.2 Å². The monoisotopic (exact) mass is 567 g/mol. The van der Waals surface area contributed by atoms with E-state index in [-0.39, 0.29) is 18.0 Å². The molecule has 0 N–H and O–H groups in total. The Bertz CT molecular complexity index is 1030. The first-order valence-corrected chi connectivity index (χ1v) is 13.7. The third kappa shape index (κ3) is 10.2. The van der Waals surface area contributed by atoms with Gasteiger partial charge in [-0.15, -0.1) is 0 Å². The van der Waals surface area contributed by atoms with Crippen molar-refractivity contribution in [1.82, 2.24) is 4.90 Å². The van der Waals surface area contributed by atoms with Crippen LogP contribution in [0.2, 0.25) is 0 Å². The van der Waals surface area contributed by atoms with Crippen molar-refractivity contribution in [3.05, 3.63) is 51.9 Å².